The molecule has 6 heteroatoms. The topological polar surface area (TPSA) is 20.3 Å². The first-order valence-corrected chi connectivity index (χ1v) is 8.17. The lowest BCUT2D eigenvalue weighted by molar-refractivity contribution is -0.138. The SMILES string of the molecule is O=C(c1ccccc1)N1CCSC1c1ccccc1C(F)(F)F. The van der Waals surface area contributed by atoms with Gasteiger partial charge in [-0.3, -0.25) is 4.79 Å². The maximum Gasteiger partial charge on any atom is 0.416 e. The minimum atomic E-state index is -4.43. The van der Waals surface area contributed by atoms with Gasteiger partial charge in [0.2, 0.25) is 0 Å². The van der Waals surface area contributed by atoms with Crippen molar-refractivity contribution in [3.8, 4) is 0 Å². The van der Waals surface area contributed by atoms with Crippen LogP contribution in [0.4, 0.5) is 13.2 Å². The summed E-state index contributed by atoms with van der Waals surface area (Å²) < 4.78 is 39.7. The molecule has 120 valence electrons. The van der Waals surface area contributed by atoms with Crippen LogP contribution in [0.5, 0.6) is 0 Å². The Hall–Kier alpha value is -1.95. The van der Waals surface area contributed by atoms with Gasteiger partial charge in [-0.15, -0.1) is 11.8 Å². The molecule has 3 rings (SSSR count). The average molecular weight is 337 g/mol. The normalized spacial score (nSPS) is 18.2. The fraction of sp³-hybridized carbons (Fsp3) is 0.235. The van der Waals surface area contributed by atoms with E-state index in [4.69, 9.17) is 0 Å². The van der Waals surface area contributed by atoms with Gasteiger partial charge in [-0.2, -0.15) is 13.2 Å². The lowest BCUT2D eigenvalue weighted by atomic mass is 10.1. The summed E-state index contributed by atoms with van der Waals surface area (Å²) in [4.78, 5) is 14.1. The van der Waals surface area contributed by atoms with Crippen LogP contribution in [0.2, 0.25) is 0 Å². The predicted octanol–water partition coefficient (Wildman–Crippen LogP) is 4.59. The number of rotatable bonds is 2. The minimum absolute atomic E-state index is 0.145. The zero-order valence-electron chi connectivity index (χ0n) is 12.1. The molecule has 0 N–H and O–H groups in total. The Morgan fingerprint density at radius 1 is 1.04 bits per heavy atom. The quantitative estimate of drug-likeness (QED) is 0.799. The molecule has 1 aliphatic heterocycles. The lowest BCUT2D eigenvalue weighted by Crippen LogP contribution is -2.31. The maximum atomic E-state index is 13.2. The van der Waals surface area contributed by atoms with E-state index in [2.05, 4.69) is 0 Å². The zero-order chi connectivity index (χ0) is 16.4. The van der Waals surface area contributed by atoms with Crippen LogP contribution in [0.3, 0.4) is 0 Å². The van der Waals surface area contributed by atoms with Crippen molar-refractivity contribution < 1.29 is 18.0 Å². The molecule has 1 unspecified atom stereocenters. The van der Waals surface area contributed by atoms with Crippen molar-refractivity contribution in [3.63, 3.8) is 0 Å². The molecule has 0 aromatic heterocycles. The minimum Gasteiger partial charge on any atom is -0.322 e. The standard InChI is InChI=1S/C17H14F3NOS/c18-17(19,20)14-9-5-4-8-13(14)16-21(10-11-23-16)15(22)12-6-2-1-3-7-12/h1-9,16H,10-11H2. The third kappa shape index (κ3) is 3.22. The summed E-state index contributed by atoms with van der Waals surface area (Å²) in [7, 11) is 0. The Bertz CT molecular complexity index is 702. The van der Waals surface area contributed by atoms with Crippen molar-refractivity contribution in [1.29, 1.82) is 0 Å². The van der Waals surface area contributed by atoms with Crippen molar-refractivity contribution in [2.75, 3.05) is 12.3 Å². The van der Waals surface area contributed by atoms with E-state index in [0.29, 0.717) is 17.9 Å². The lowest BCUT2D eigenvalue weighted by Gasteiger charge is -2.26. The number of carbonyl (C=O) groups excluding carboxylic acids is 1. The number of carbonyl (C=O) groups is 1. The fourth-order valence-electron chi connectivity index (χ4n) is 2.65. The third-order valence-electron chi connectivity index (χ3n) is 3.70. The van der Waals surface area contributed by atoms with Crippen LogP contribution in [0.15, 0.2) is 54.6 Å². The molecule has 1 saturated heterocycles. The highest BCUT2D eigenvalue weighted by atomic mass is 32.2. The molecular formula is C17H14F3NOS. The molecule has 1 fully saturated rings. The van der Waals surface area contributed by atoms with Crippen molar-refractivity contribution in [3.05, 3.63) is 71.3 Å². The Morgan fingerprint density at radius 2 is 1.70 bits per heavy atom. The smallest absolute Gasteiger partial charge is 0.322 e. The summed E-state index contributed by atoms with van der Waals surface area (Å²) in [6, 6.07) is 14.1. The van der Waals surface area contributed by atoms with Gasteiger partial charge in [0.25, 0.3) is 5.91 Å². The molecule has 1 atom stereocenters. The number of amides is 1. The van der Waals surface area contributed by atoms with Crippen LogP contribution < -0.4 is 0 Å². The van der Waals surface area contributed by atoms with Gasteiger partial charge in [0, 0.05) is 17.9 Å². The van der Waals surface area contributed by atoms with Crippen LogP contribution in [0.1, 0.15) is 26.9 Å². The Balaban J connectivity index is 1.96. The van der Waals surface area contributed by atoms with Crippen molar-refractivity contribution in [2.24, 2.45) is 0 Å². The number of benzene rings is 2. The number of hydrogen-bond acceptors (Lipinski definition) is 2. The van der Waals surface area contributed by atoms with E-state index in [-0.39, 0.29) is 11.5 Å². The van der Waals surface area contributed by atoms with Gasteiger partial charge in [0.15, 0.2) is 0 Å². The van der Waals surface area contributed by atoms with Crippen LogP contribution in [-0.2, 0) is 6.18 Å². The highest BCUT2D eigenvalue weighted by Crippen LogP contribution is 2.44. The monoisotopic (exact) mass is 337 g/mol. The Labute approximate surface area is 136 Å². The van der Waals surface area contributed by atoms with Gasteiger partial charge in [-0.05, 0) is 23.8 Å². The summed E-state index contributed by atoms with van der Waals surface area (Å²) >= 11 is 1.36. The van der Waals surface area contributed by atoms with Crippen molar-refractivity contribution in [2.45, 2.75) is 11.6 Å². The average Bonchev–Trinajstić information content (AvgIpc) is 3.03. The third-order valence-corrected chi connectivity index (χ3v) is 4.95. The molecule has 2 aromatic carbocycles. The number of hydrogen-bond donors (Lipinski definition) is 0. The molecule has 0 spiro atoms. The number of halogens is 3. The van der Waals surface area contributed by atoms with E-state index < -0.39 is 17.1 Å². The molecule has 0 bridgehead atoms. The first kappa shape index (κ1) is 15.9. The van der Waals surface area contributed by atoms with E-state index in [0.717, 1.165) is 6.07 Å². The number of nitrogens with zero attached hydrogens (tertiary/aromatic N) is 1. The number of thioether (sulfide) groups is 1. The Morgan fingerprint density at radius 3 is 2.39 bits per heavy atom. The van der Waals surface area contributed by atoms with E-state index in [1.807, 2.05) is 0 Å². The molecule has 1 aliphatic rings. The van der Waals surface area contributed by atoms with Crippen LogP contribution in [0, 0.1) is 0 Å². The van der Waals surface area contributed by atoms with E-state index >= 15 is 0 Å². The van der Waals surface area contributed by atoms with Gasteiger partial charge in [-0.25, -0.2) is 0 Å². The highest BCUT2D eigenvalue weighted by Gasteiger charge is 2.39. The second-order valence-electron chi connectivity index (χ2n) is 5.17. The van der Waals surface area contributed by atoms with E-state index in [1.54, 1.807) is 36.4 Å². The van der Waals surface area contributed by atoms with Gasteiger partial charge >= 0.3 is 6.18 Å². The summed E-state index contributed by atoms with van der Waals surface area (Å²) in [5.74, 6) is 0.382. The molecule has 2 aromatic rings. The first-order valence-electron chi connectivity index (χ1n) is 7.12. The van der Waals surface area contributed by atoms with Crippen LogP contribution >= 0.6 is 11.8 Å². The second kappa shape index (κ2) is 6.28. The van der Waals surface area contributed by atoms with Gasteiger partial charge in [0.05, 0.1) is 5.56 Å². The van der Waals surface area contributed by atoms with Crippen molar-refractivity contribution >= 4 is 17.7 Å². The molecule has 1 amide bonds. The number of alkyl halides is 3. The summed E-state index contributed by atoms with van der Waals surface area (Å²) in [6.45, 7) is 0.440. The highest BCUT2D eigenvalue weighted by molar-refractivity contribution is 7.99. The van der Waals surface area contributed by atoms with Gasteiger partial charge < -0.3 is 4.90 Å². The van der Waals surface area contributed by atoms with E-state index in [9.17, 15) is 18.0 Å². The molecular weight excluding hydrogens is 323 g/mol. The van der Waals surface area contributed by atoms with Crippen molar-refractivity contribution in [1.82, 2.24) is 4.90 Å². The van der Waals surface area contributed by atoms with E-state index in [1.165, 1.54) is 28.8 Å². The molecule has 23 heavy (non-hydrogen) atoms. The summed E-state index contributed by atoms with van der Waals surface area (Å²) in [5, 5.41) is -0.611. The predicted molar refractivity (Wildman–Crippen MR) is 84.1 cm³/mol. The summed E-state index contributed by atoms with van der Waals surface area (Å²) in [5.41, 5.74) is -0.0402. The zero-order valence-corrected chi connectivity index (χ0v) is 12.9. The maximum absolute atomic E-state index is 13.2. The Kier molecular flexibility index (Phi) is 4.35. The molecule has 0 aliphatic carbocycles. The fourth-order valence-corrected chi connectivity index (χ4v) is 3.94. The molecule has 0 radical (unpaired) electrons. The molecule has 1 heterocycles. The van der Waals surface area contributed by atoms with Gasteiger partial charge in [0.1, 0.15) is 5.37 Å². The second-order valence-corrected chi connectivity index (χ2v) is 6.36. The van der Waals surface area contributed by atoms with Crippen LogP contribution in [-0.4, -0.2) is 23.1 Å². The van der Waals surface area contributed by atoms with Crippen LogP contribution in [0.25, 0.3) is 0 Å². The van der Waals surface area contributed by atoms with Gasteiger partial charge in [-0.1, -0.05) is 36.4 Å². The first-order chi connectivity index (χ1) is 11.0. The molecule has 2 nitrogen and oxygen atoms in total. The molecule has 0 saturated carbocycles. The largest absolute Gasteiger partial charge is 0.416 e. The summed E-state index contributed by atoms with van der Waals surface area (Å²) in [6.07, 6.45) is -4.43.